The lowest BCUT2D eigenvalue weighted by molar-refractivity contribution is -0.133. The molecule has 0 aliphatic rings. The van der Waals surface area contributed by atoms with Crippen molar-refractivity contribution in [2.24, 2.45) is 0 Å². The smallest absolute Gasteiger partial charge is 0.255 e. The molecule has 19 heavy (non-hydrogen) atoms. The number of hydrogen-bond acceptors (Lipinski definition) is 4. The number of rotatable bonds is 6. The van der Waals surface area contributed by atoms with E-state index >= 15 is 0 Å². The number of carbonyl (C=O) groups excluding carboxylic acids is 1. The van der Waals surface area contributed by atoms with Crippen molar-refractivity contribution in [2.45, 2.75) is 18.6 Å². The average molecular weight is 262 g/mol. The van der Waals surface area contributed by atoms with Crippen molar-refractivity contribution in [3.63, 3.8) is 0 Å². The van der Waals surface area contributed by atoms with Gasteiger partial charge in [0.2, 0.25) is 0 Å². The van der Waals surface area contributed by atoms with Crippen LogP contribution in [0.2, 0.25) is 0 Å². The minimum Gasteiger partial charge on any atom is -0.381 e. The zero-order chi connectivity index (χ0) is 14.3. The molecular formula is C14H18N2O3. The predicted molar refractivity (Wildman–Crippen MR) is 70.2 cm³/mol. The summed E-state index contributed by atoms with van der Waals surface area (Å²) in [7, 11) is 2.93. The summed E-state index contributed by atoms with van der Waals surface area (Å²) in [6.45, 7) is 1.71. The third-order valence-corrected chi connectivity index (χ3v) is 2.66. The second kappa shape index (κ2) is 6.88. The Morgan fingerprint density at radius 3 is 2.53 bits per heavy atom. The molecule has 0 heterocycles. The molecule has 0 aliphatic carbocycles. The monoisotopic (exact) mass is 262 g/mol. The van der Waals surface area contributed by atoms with Crippen LogP contribution in [0.1, 0.15) is 18.6 Å². The molecule has 1 aromatic rings. The molecule has 0 aliphatic heterocycles. The Morgan fingerprint density at radius 2 is 2.05 bits per heavy atom. The van der Waals surface area contributed by atoms with Crippen LogP contribution in [0, 0.1) is 11.3 Å². The van der Waals surface area contributed by atoms with Gasteiger partial charge in [0, 0.05) is 14.2 Å². The van der Waals surface area contributed by atoms with Crippen molar-refractivity contribution in [2.75, 3.05) is 20.8 Å². The number of nitriles is 1. The van der Waals surface area contributed by atoms with Crippen LogP contribution in [0.25, 0.3) is 0 Å². The van der Waals surface area contributed by atoms with Gasteiger partial charge in [-0.15, -0.1) is 0 Å². The molecule has 1 N–H and O–H groups in total. The highest BCUT2D eigenvalue weighted by Gasteiger charge is 2.30. The van der Waals surface area contributed by atoms with E-state index in [0.717, 1.165) is 5.56 Å². The first-order valence-corrected chi connectivity index (χ1v) is 5.86. The normalized spacial score (nSPS) is 15.1. The maximum atomic E-state index is 12.2. The largest absolute Gasteiger partial charge is 0.381 e. The summed E-state index contributed by atoms with van der Waals surface area (Å²) in [6.07, 6.45) is -0.745. The summed E-state index contributed by atoms with van der Waals surface area (Å²) in [5, 5.41) is 11.7. The Hall–Kier alpha value is -1.90. The lowest BCUT2D eigenvalue weighted by Crippen LogP contribution is -2.50. The van der Waals surface area contributed by atoms with E-state index in [4.69, 9.17) is 14.7 Å². The summed E-state index contributed by atoms with van der Waals surface area (Å²) in [4.78, 5) is 12.2. The van der Waals surface area contributed by atoms with Crippen LogP contribution >= 0.6 is 0 Å². The number of amides is 1. The first kappa shape index (κ1) is 15.2. The molecule has 0 unspecified atom stereocenters. The van der Waals surface area contributed by atoms with Gasteiger partial charge >= 0.3 is 0 Å². The van der Waals surface area contributed by atoms with Gasteiger partial charge in [-0.3, -0.25) is 4.79 Å². The molecular weight excluding hydrogens is 244 g/mol. The predicted octanol–water partition coefficient (Wildman–Crippen LogP) is 1.42. The van der Waals surface area contributed by atoms with Gasteiger partial charge in [-0.25, -0.2) is 0 Å². The maximum absolute atomic E-state index is 12.2. The fraction of sp³-hybridized carbons (Fsp3) is 0.429. The fourth-order valence-corrected chi connectivity index (χ4v) is 1.74. The van der Waals surface area contributed by atoms with Gasteiger partial charge < -0.3 is 14.8 Å². The number of hydrogen-bond donors (Lipinski definition) is 1. The van der Waals surface area contributed by atoms with Gasteiger partial charge in [-0.1, -0.05) is 30.3 Å². The first-order valence-electron chi connectivity index (χ1n) is 5.86. The third-order valence-electron chi connectivity index (χ3n) is 2.66. The van der Waals surface area contributed by atoms with Crippen molar-refractivity contribution in [3.05, 3.63) is 35.9 Å². The van der Waals surface area contributed by atoms with E-state index in [1.54, 1.807) is 19.1 Å². The van der Waals surface area contributed by atoms with E-state index in [1.807, 2.05) is 24.3 Å². The Bertz CT molecular complexity index is 456. The minimum absolute atomic E-state index is 0.112. The Balaban J connectivity index is 2.84. The molecule has 0 aromatic heterocycles. The third kappa shape index (κ3) is 4.05. The highest BCUT2D eigenvalue weighted by Crippen LogP contribution is 2.17. The lowest BCUT2D eigenvalue weighted by atomic mass is 10.0. The van der Waals surface area contributed by atoms with Gasteiger partial charge in [0.1, 0.15) is 5.54 Å². The zero-order valence-corrected chi connectivity index (χ0v) is 11.3. The number of carbonyl (C=O) groups is 1. The van der Waals surface area contributed by atoms with Crippen molar-refractivity contribution < 1.29 is 14.3 Å². The van der Waals surface area contributed by atoms with Crippen LogP contribution in [0.4, 0.5) is 0 Å². The summed E-state index contributed by atoms with van der Waals surface area (Å²) in [5.74, 6) is -0.366. The molecule has 0 saturated carbocycles. The maximum Gasteiger partial charge on any atom is 0.255 e. The molecule has 5 nitrogen and oxygen atoms in total. The van der Waals surface area contributed by atoms with E-state index in [0.29, 0.717) is 0 Å². The Kier molecular flexibility index (Phi) is 5.49. The van der Waals surface area contributed by atoms with Crippen LogP contribution in [0.15, 0.2) is 30.3 Å². The van der Waals surface area contributed by atoms with Gasteiger partial charge in [-0.2, -0.15) is 5.26 Å². The minimum atomic E-state index is -1.07. The molecule has 0 spiro atoms. The molecule has 1 aromatic carbocycles. The number of benzene rings is 1. The molecule has 1 amide bonds. The molecule has 102 valence electrons. The molecule has 1 rings (SSSR count). The zero-order valence-electron chi connectivity index (χ0n) is 11.3. The van der Waals surface area contributed by atoms with Crippen LogP contribution in [0.3, 0.4) is 0 Å². The van der Waals surface area contributed by atoms with Gasteiger partial charge in [0.15, 0.2) is 6.10 Å². The van der Waals surface area contributed by atoms with Crippen LogP contribution < -0.4 is 5.32 Å². The molecule has 0 fully saturated rings. The Labute approximate surface area is 113 Å². The molecule has 0 radical (unpaired) electrons. The summed E-state index contributed by atoms with van der Waals surface area (Å²) in [6, 6.07) is 11.1. The van der Waals surface area contributed by atoms with Crippen LogP contribution in [-0.2, 0) is 14.3 Å². The second-order valence-corrected chi connectivity index (χ2v) is 4.39. The molecule has 5 heteroatoms. The highest BCUT2D eigenvalue weighted by molar-refractivity contribution is 5.83. The van der Waals surface area contributed by atoms with E-state index in [1.165, 1.54) is 14.2 Å². The molecule has 2 atom stereocenters. The van der Waals surface area contributed by atoms with Crippen LogP contribution in [0.5, 0.6) is 0 Å². The lowest BCUT2D eigenvalue weighted by Gasteiger charge is -2.25. The van der Waals surface area contributed by atoms with E-state index in [2.05, 4.69) is 5.32 Å². The average Bonchev–Trinajstić information content (AvgIpc) is 2.41. The first-order chi connectivity index (χ1) is 9.06. The quantitative estimate of drug-likeness (QED) is 0.841. The van der Waals surface area contributed by atoms with Gasteiger partial charge in [0.25, 0.3) is 5.91 Å². The van der Waals surface area contributed by atoms with Crippen molar-refractivity contribution in [1.29, 1.82) is 5.26 Å². The SMILES string of the molecule is COC[C@](C)(C#N)NC(=O)[C@H](OC)c1ccccc1. The number of ether oxygens (including phenoxy) is 2. The van der Waals surface area contributed by atoms with E-state index < -0.39 is 11.6 Å². The Morgan fingerprint density at radius 1 is 1.42 bits per heavy atom. The number of nitrogens with zero attached hydrogens (tertiary/aromatic N) is 1. The van der Waals surface area contributed by atoms with Crippen molar-refractivity contribution >= 4 is 5.91 Å². The number of nitrogens with one attached hydrogen (secondary N) is 1. The molecule has 0 saturated heterocycles. The van der Waals surface area contributed by atoms with Gasteiger partial charge in [-0.05, 0) is 12.5 Å². The van der Waals surface area contributed by atoms with Crippen molar-refractivity contribution in [1.82, 2.24) is 5.32 Å². The summed E-state index contributed by atoms with van der Waals surface area (Å²) in [5.41, 5.74) is -0.336. The second-order valence-electron chi connectivity index (χ2n) is 4.39. The van der Waals surface area contributed by atoms with E-state index in [-0.39, 0.29) is 12.5 Å². The fourth-order valence-electron chi connectivity index (χ4n) is 1.74. The van der Waals surface area contributed by atoms with Crippen LogP contribution in [-0.4, -0.2) is 32.3 Å². The standard InChI is InChI=1S/C14H18N2O3/c1-14(9-15,10-18-2)16-13(17)12(19-3)11-7-5-4-6-8-11/h4-8,12H,10H2,1-3H3,(H,16,17)/t12-,14+/m1/s1. The van der Waals surface area contributed by atoms with Gasteiger partial charge in [0.05, 0.1) is 12.7 Å². The highest BCUT2D eigenvalue weighted by atomic mass is 16.5. The number of methoxy groups -OCH3 is 2. The van der Waals surface area contributed by atoms with E-state index in [9.17, 15) is 4.79 Å². The summed E-state index contributed by atoms with van der Waals surface area (Å²) < 4.78 is 10.1. The molecule has 0 bridgehead atoms. The summed E-state index contributed by atoms with van der Waals surface area (Å²) >= 11 is 0. The van der Waals surface area contributed by atoms with Crippen molar-refractivity contribution in [3.8, 4) is 6.07 Å². The topological polar surface area (TPSA) is 71.3 Å².